The number of fused-ring (bicyclic) bond motifs is 7. The summed E-state index contributed by atoms with van der Waals surface area (Å²) < 4.78 is 31.8. The van der Waals surface area contributed by atoms with Crippen LogP contribution in [0.25, 0.3) is 0 Å². The molecule has 3 heterocycles. The SMILES string of the molecule is C[C@H]([C@@H](O)[C@H]1O[C@H]1C)[C@H]1CC[C@H]2[C@@H]3CC4(OCCO4)[C@H]4C[C@@H]5OC(C)(C)O[C@@H]5C[C@]4(C)[C@H]3CC[C@]12C. The van der Waals surface area contributed by atoms with Crippen LogP contribution >= 0.6 is 0 Å². The summed E-state index contributed by atoms with van der Waals surface area (Å²) in [6.07, 6.45) is 8.22. The third kappa shape index (κ3) is 3.37. The highest BCUT2D eigenvalue weighted by atomic mass is 16.8. The predicted octanol–water partition coefficient (Wildman–Crippen LogP) is 4.91. The largest absolute Gasteiger partial charge is 0.390 e. The fourth-order valence-electron chi connectivity index (χ4n) is 11.1. The molecule has 7 aliphatic rings. The van der Waals surface area contributed by atoms with Gasteiger partial charge in [-0.15, -0.1) is 0 Å². The second kappa shape index (κ2) is 7.91. The van der Waals surface area contributed by atoms with Crippen molar-refractivity contribution in [1.29, 1.82) is 0 Å². The molecule has 0 bridgehead atoms. The lowest BCUT2D eigenvalue weighted by molar-refractivity contribution is -0.301. The molecule has 204 valence electrons. The normalized spacial score (nSPS) is 55.9. The quantitative estimate of drug-likeness (QED) is 0.551. The zero-order valence-electron chi connectivity index (χ0n) is 23.2. The number of ether oxygens (including phenoxy) is 5. The van der Waals surface area contributed by atoms with Gasteiger partial charge < -0.3 is 28.8 Å². The van der Waals surface area contributed by atoms with Crippen LogP contribution < -0.4 is 0 Å². The predicted molar refractivity (Wildman–Crippen MR) is 134 cm³/mol. The lowest BCUT2D eigenvalue weighted by atomic mass is 9.42. The van der Waals surface area contributed by atoms with Crippen molar-refractivity contribution in [2.45, 2.75) is 129 Å². The van der Waals surface area contributed by atoms with Crippen molar-refractivity contribution in [2.24, 2.45) is 46.3 Å². The van der Waals surface area contributed by atoms with Gasteiger partial charge in [-0.05, 0) is 99.7 Å². The average molecular weight is 505 g/mol. The Morgan fingerprint density at radius 2 is 1.53 bits per heavy atom. The minimum Gasteiger partial charge on any atom is -0.390 e. The number of hydrogen-bond acceptors (Lipinski definition) is 6. The van der Waals surface area contributed by atoms with Gasteiger partial charge >= 0.3 is 0 Å². The van der Waals surface area contributed by atoms with Gasteiger partial charge in [-0.25, -0.2) is 0 Å². The molecule has 1 N–H and O–H groups in total. The van der Waals surface area contributed by atoms with Gasteiger partial charge in [0.05, 0.1) is 37.6 Å². The Morgan fingerprint density at radius 3 is 2.22 bits per heavy atom. The first-order valence-corrected chi connectivity index (χ1v) is 14.9. The Labute approximate surface area is 217 Å². The molecule has 36 heavy (non-hydrogen) atoms. The summed E-state index contributed by atoms with van der Waals surface area (Å²) in [7, 11) is 0. The van der Waals surface area contributed by atoms with Crippen LogP contribution in [0.4, 0.5) is 0 Å². The Bertz CT molecular complexity index is 885. The van der Waals surface area contributed by atoms with Gasteiger partial charge in [0.1, 0.15) is 6.10 Å². The molecule has 7 fully saturated rings. The first-order valence-electron chi connectivity index (χ1n) is 14.9. The first kappa shape index (κ1) is 24.8. The van der Waals surface area contributed by atoms with E-state index in [1.165, 1.54) is 25.7 Å². The number of aliphatic hydroxyl groups is 1. The number of rotatable bonds is 3. The molecule has 6 heteroatoms. The number of hydrogen-bond donors (Lipinski definition) is 1. The minimum atomic E-state index is -0.507. The zero-order chi connectivity index (χ0) is 25.3. The molecule has 7 rings (SSSR count). The standard InChI is InChI=1S/C30H48O6/c1-16(25(31)26-17(2)34-26)19-7-8-20-18-14-30(32-11-12-33-30)24-13-22-23(36-27(3,4)35-22)15-29(24,6)21(18)9-10-28(19,20)5/h16-26,31H,7-15H2,1-6H3/t16-,17-,18-,19+,20-,21-,22-,23+,24-,25+,26-,28+,29+/m0/s1. The van der Waals surface area contributed by atoms with Crippen LogP contribution in [-0.2, 0) is 23.7 Å². The molecule has 1 spiro atoms. The van der Waals surface area contributed by atoms with Crippen LogP contribution in [0.5, 0.6) is 0 Å². The molecule has 4 aliphatic carbocycles. The van der Waals surface area contributed by atoms with Crippen molar-refractivity contribution in [3.63, 3.8) is 0 Å². The summed E-state index contributed by atoms with van der Waals surface area (Å²) >= 11 is 0. The van der Waals surface area contributed by atoms with E-state index >= 15 is 0 Å². The molecular formula is C30H48O6. The molecule has 3 aliphatic heterocycles. The van der Waals surface area contributed by atoms with Crippen molar-refractivity contribution >= 4 is 0 Å². The van der Waals surface area contributed by atoms with Crippen molar-refractivity contribution in [3.05, 3.63) is 0 Å². The monoisotopic (exact) mass is 504 g/mol. The maximum atomic E-state index is 11.1. The highest BCUT2D eigenvalue weighted by Gasteiger charge is 2.70. The molecule has 0 radical (unpaired) electrons. The summed E-state index contributed by atoms with van der Waals surface area (Å²) in [6.45, 7) is 15.0. The highest BCUT2D eigenvalue weighted by Crippen LogP contribution is 2.71. The summed E-state index contributed by atoms with van der Waals surface area (Å²) in [4.78, 5) is 0. The first-order chi connectivity index (χ1) is 17.0. The molecule has 4 saturated carbocycles. The van der Waals surface area contributed by atoms with E-state index in [1.54, 1.807) is 0 Å². The summed E-state index contributed by atoms with van der Waals surface area (Å²) in [5.74, 6) is 2.10. The van der Waals surface area contributed by atoms with Gasteiger partial charge in [-0.1, -0.05) is 20.8 Å². The summed E-state index contributed by atoms with van der Waals surface area (Å²) in [6, 6.07) is 0. The van der Waals surface area contributed by atoms with Crippen LogP contribution in [0, 0.1) is 46.3 Å². The van der Waals surface area contributed by atoms with Gasteiger partial charge in [0.25, 0.3) is 0 Å². The van der Waals surface area contributed by atoms with Crippen LogP contribution in [0.3, 0.4) is 0 Å². The van der Waals surface area contributed by atoms with Crippen LogP contribution in [-0.4, -0.2) is 60.4 Å². The molecule has 0 amide bonds. The molecule has 0 aromatic heterocycles. The second-order valence-electron chi connectivity index (χ2n) is 14.7. The molecule has 6 nitrogen and oxygen atoms in total. The Kier molecular flexibility index (Phi) is 5.45. The fraction of sp³-hybridized carbons (Fsp3) is 1.00. The van der Waals surface area contributed by atoms with E-state index in [4.69, 9.17) is 23.7 Å². The maximum absolute atomic E-state index is 11.1. The molecular weight excluding hydrogens is 456 g/mol. The molecule has 0 aromatic rings. The molecule has 3 saturated heterocycles. The van der Waals surface area contributed by atoms with E-state index in [0.29, 0.717) is 42.8 Å². The van der Waals surface area contributed by atoms with E-state index in [1.807, 2.05) is 0 Å². The van der Waals surface area contributed by atoms with E-state index < -0.39 is 11.6 Å². The number of aliphatic hydroxyl groups excluding tert-OH is 1. The average Bonchev–Trinajstić information content (AvgIpc) is 3.10. The molecule has 0 aromatic carbocycles. The zero-order valence-corrected chi connectivity index (χ0v) is 23.2. The van der Waals surface area contributed by atoms with Gasteiger partial charge in [0.2, 0.25) is 0 Å². The fourth-order valence-corrected chi connectivity index (χ4v) is 11.1. The van der Waals surface area contributed by atoms with E-state index in [-0.39, 0.29) is 47.3 Å². The topological polar surface area (TPSA) is 69.7 Å². The highest BCUT2D eigenvalue weighted by molar-refractivity contribution is 5.16. The van der Waals surface area contributed by atoms with Crippen molar-refractivity contribution in [2.75, 3.05) is 13.2 Å². The van der Waals surface area contributed by atoms with Crippen LogP contribution in [0.1, 0.15) is 86.5 Å². The van der Waals surface area contributed by atoms with Gasteiger partial charge in [0, 0.05) is 12.3 Å². The van der Waals surface area contributed by atoms with E-state index in [0.717, 1.165) is 19.3 Å². The Hall–Kier alpha value is -0.240. The summed E-state index contributed by atoms with van der Waals surface area (Å²) in [5.41, 5.74) is 0.384. The van der Waals surface area contributed by atoms with Gasteiger partial charge in [0.15, 0.2) is 11.6 Å². The Morgan fingerprint density at radius 1 is 0.861 bits per heavy atom. The Balaban J connectivity index is 1.20. The van der Waals surface area contributed by atoms with Crippen LogP contribution in [0.15, 0.2) is 0 Å². The van der Waals surface area contributed by atoms with Gasteiger partial charge in [-0.2, -0.15) is 0 Å². The van der Waals surface area contributed by atoms with Crippen molar-refractivity contribution in [1.82, 2.24) is 0 Å². The maximum Gasteiger partial charge on any atom is 0.172 e. The molecule has 13 atom stereocenters. The second-order valence-corrected chi connectivity index (χ2v) is 14.7. The van der Waals surface area contributed by atoms with Crippen molar-refractivity contribution < 1.29 is 28.8 Å². The van der Waals surface area contributed by atoms with Crippen LogP contribution in [0.2, 0.25) is 0 Å². The molecule has 0 unspecified atom stereocenters. The smallest absolute Gasteiger partial charge is 0.172 e. The lowest BCUT2D eigenvalue weighted by Gasteiger charge is -2.65. The van der Waals surface area contributed by atoms with Crippen molar-refractivity contribution in [3.8, 4) is 0 Å². The van der Waals surface area contributed by atoms with E-state index in [9.17, 15) is 5.11 Å². The summed E-state index contributed by atoms with van der Waals surface area (Å²) in [5, 5.41) is 11.1. The number of epoxide rings is 1. The van der Waals surface area contributed by atoms with E-state index in [2.05, 4.69) is 41.5 Å². The lowest BCUT2D eigenvalue weighted by Crippen LogP contribution is -2.65. The minimum absolute atomic E-state index is 0.0324. The third-order valence-electron chi connectivity index (χ3n) is 12.6. The van der Waals surface area contributed by atoms with Gasteiger partial charge in [-0.3, -0.25) is 0 Å². The third-order valence-corrected chi connectivity index (χ3v) is 12.6.